The molecule has 0 saturated carbocycles. The fraction of sp³-hybridized carbons (Fsp3) is 0.619. The van der Waals surface area contributed by atoms with Gasteiger partial charge in [-0.2, -0.15) is 4.98 Å². The first-order valence-electron chi connectivity index (χ1n) is 10.4. The Balaban J connectivity index is 1.10. The summed E-state index contributed by atoms with van der Waals surface area (Å²) in [6.45, 7) is 7.64. The minimum Gasteiger partial charge on any atom is -0.454 e. The van der Waals surface area contributed by atoms with Gasteiger partial charge < -0.3 is 18.9 Å². The Kier molecular flexibility index (Phi) is 4.84. The van der Waals surface area contributed by atoms with Crippen LogP contribution in [0.3, 0.4) is 0 Å². The molecule has 0 unspecified atom stereocenters. The lowest BCUT2D eigenvalue weighted by atomic mass is 9.79. The highest BCUT2D eigenvalue weighted by molar-refractivity contribution is 5.44. The van der Waals surface area contributed by atoms with Crippen molar-refractivity contribution in [2.45, 2.75) is 39.2 Å². The van der Waals surface area contributed by atoms with Crippen LogP contribution < -0.4 is 14.4 Å². The average Bonchev–Trinajstić information content (AvgIpc) is 3.37. The molecule has 3 aliphatic heterocycles. The zero-order chi connectivity index (χ0) is 18.9. The molecule has 1 aromatic carbocycles. The van der Waals surface area contributed by atoms with Gasteiger partial charge in [0.15, 0.2) is 11.5 Å². The monoisotopic (exact) mass is 384 g/mol. The van der Waals surface area contributed by atoms with Crippen LogP contribution in [-0.4, -0.2) is 48.0 Å². The highest BCUT2D eigenvalue weighted by Gasteiger charge is 2.30. The zero-order valence-corrected chi connectivity index (χ0v) is 16.5. The van der Waals surface area contributed by atoms with E-state index in [4.69, 9.17) is 14.0 Å². The van der Waals surface area contributed by atoms with Crippen LogP contribution in [0.25, 0.3) is 0 Å². The van der Waals surface area contributed by atoms with Crippen LogP contribution in [0.1, 0.15) is 37.1 Å². The number of anilines is 1. The van der Waals surface area contributed by atoms with E-state index in [1.807, 2.05) is 13.0 Å². The number of ether oxygens (including phenoxy) is 2. The molecule has 4 heterocycles. The van der Waals surface area contributed by atoms with Gasteiger partial charge in [0.1, 0.15) is 0 Å². The van der Waals surface area contributed by atoms with E-state index < -0.39 is 0 Å². The maximum atomic E-state index is 5.51. The van der Waals surface area contributed by atoms with Crippen LogP contribution in [0.15, 0.2) is 22.7 Å². The van der Waals surface area contributed by atoms with Gasteiger partial charge >= 0.3 is 0 Å². The number of hydrogen-bond acceptors (Lipinski definition) is 7. The van der Waals surface area contributed by atoms with Crippen LogP contribution in [0.2, 0.25) is 0 Å². The number of likely N-dealkylation sites (tertiary alicyclic amines) is 1. The lowest BCUT2D eigenvalue weighted by Crippen LogP contribution is -2.41. The smallest absolute Gasteiger partial charge is 0.266 e. The second-order valence-electron chi connectivity index (χ2n) is 8.24. The van der Waals surface area contributed by atoms with E-state index in [0.29, 0.717) is 12.7 Å². The minimum atomic E-state index is 0.343. The summed E-state index contributed by atoms with van der Waals surface area (Å²) in [5.41, 5.74) is 1.31. The number of piperidine rings is 2. The van der Waals surface area contributed by atoms with E-state index in [1.165, 1.54) is 44.3 Å². The summed E-state index contributed by atoms with van der Waals surface area (Å²) in [5.74, 6) is 4.83. The molecule has 2 aromatic rings. The highest BCUT2D eigenvalue weighted by Crippen LogP contribution is 2.35. The summed E-state index contributed by atoms with van der Waals surface area (Å²) < 4.78 is 16.0. The fourth-order valence-corrected chi connectivity index (χ4v) is 4.87. The maximum absolute atomic E-state index is 5.51. The van der Waals surface area contributed by atoms with E-state index in [-0.39, 0.29) is 0 Å². The Morgan fingerprint density at radius 2 is 1.68 bits per heavy atom. The molecule has 150 valence electrons. The van der Waals surface area contributed by atoms with Crippen LogP contribution in [0, 0.1) is 18.8 Å². The van der Waals surface area contributed by atoms with Crippen LogP contribution in [-0.2, 0) is 6.54 Å². The molecule has 0 aliphatic carbocycles. The summed E-state index contributed by atoms with van der Waals surface area (Å²) in [7, 11) is 0. The SMILES string of the molecule is Cc1nc(N2CCC(C3CCN(Cc4ccc5c(c4)OCO5)CC3)CC2)no1. The molecule has 0 spiro atoms. The molecule has 3 aliphatic rings. The Labute approximate surface area is 165 Å². The van der Waals surface area contributed by atoms with Gasteiger partial charge in [0, 0.05) is 26.6 Å². The Morgan fingerprint density at radius 1 is 0.964 bits per heavy atom. The third kappa shape index (κ3) is 3.68. The molecule has 7 nitrogen and oxygen atoms in total. The number of hydrogen-bond donors (Lipinski definition) is 0. The average molecular weight is 384 g/mol. The predicted molar refractivity (Wildman–Crippen MR) is 105 cm³/mol. The van der Waals surface area contributed by atoms with Gasteiger partial charge in [-0.1, -0.05) is 6.07 Å². The lowest BCUT2D eigenvalue weighted by molar-refractivity contribution is 0.129. The molecule has 0 bridgehead atoms. The van der Waals surface area contributed by atoms with Crippen molar-refractivity contribution in [2.24, 2.45) is 11.8 Å². The number of nitrogens with zero attached hydrogens (tertiary/aromatic N) is 4. The predicted octanol–water partition coefficient (Wildman–Crippen LogP) is 3.24. The maximum Gasteiger partial charge on any atom is 0.266 e. The molecule has 5 rings (SSSR count). The van der Waals surface area contributed by atoms with E-state index in [1.54, 1.807) is 0 Å². The van der Waals surface area contributed by atoms with Crippen molar-refractivity contribution < 1.29 is 14.0 Å². The van der Waals surface area contributed by atoms with E-state index in [0.717, 1.165) is 48.9 Å². The molecule has 2 fully saturated rings. The molecule has 2 saturated heterocycles. The number of benzene rings is 1. The van der Waals surface area contributed by atoms with Crippen molar-refractivity contribution >= 4 is 5.95 Å². The summed E-state index contributed by atoms with van der Waals surface area (Å²) in [4.78, 5) is 9.21. The highest BCUT2D eigenvalue weighted by atomic mass is 16.7. The summed E-state index contributed by atoms with van der Waals surface area (Å²) in [6, 6.07) is 6.32. The molecule has 7 heteroatoms. The molecule has 0 radical (unpaired) electrons. The third-order valence-electron chi connectivity index (χ3n) is 6.48. The summed E-state index contributed by atoms with van der Waals surface area (Å²) in [6.07, 6.45) is 5.08. The van der Waals surface area contributed by atoms with Crippen molar-refractivity contribution in [1.29, 1.82) is 0 Å². The molecule has 0 atom stereocenters. The minimum absolute atomic E-state index is 0.343. The number of aryl methyl sites for hydroxylation is 1. The molecule has 0 amide bonds. The van der Waals surface area contributed by atoms with Gasteiger partial charge in [-0.05, 0) is 73.5 Å². The summed E-state index contributed by atoms with van der Waals surface area (Å²) >= 11 is 0. The fourth-order valence-electron chi connectivity index (χ4n) is 4.87. The number of fused-ring (bicyclic) bond motifs is 1. The lowest BCUT2D eigenvalue weighted by Gasteiger charge is -2.40. The Hall–Kier alpha value is -2.28. The number of rotatable bonds is 4. The second kappa shape index (κ2) is 7.62. The molecular formula is C21H28N4O3. The van der Waals surface area contributed by atoms with Crippen molar-refractivity contribution in [3.63, 3.8) is 0 Å². The molecule has 0 N–H and O–H groups in total. The van der Waals surface area contributed by atoms with Crippen molar-refractivity contribution in [1.82, 2.24) is 15.0 Å². The quantitative estimate of drug-likeness (QED) is 0.802. The topological polar surface area (TPSA) is 63.9 Å². The third-order valence-corrected chi connectivity index (χ3v) is 6.48. The second-order valence-corrected chi connectivity index (χ2v) is 8.24. The van der Waals surface area contributed by atoms with Gasteiger partial charge in [-0.3, -0.25) is 4.90 Å². The van der Waals surface area contributed by atoms with Gasteiger partial charge in [0.2, 0.25) is 12.7 Å². The zero-order valence-electron chi connectivity index (χ0n) is 16.5. The first kappa shape index (κ1) is 17.8. The van der Waals surface area contributed by atoms with Crippen LogP contribution in [0.4, 0.5) is 5.95 Å². The first-order chi connectivity index (χ1) is 13.7. The first-order valence-corrected chi connectivity index (χ1v) is 10.4. The van der Waals surface area contributed by atoms with Crippen LogP contribution in [0.5, 0.6) is 11.5 Å². The van der Waals surface area contributed by atoms with E-state index >= 15 is 0 Å². The van der Waals surface area contributed by atoms with Crippen LogP contribution >= 0.6 is 0 Å². The van der Waals surface area contributed by atoms with Crippen molar-refractivity contribution in [2.75, 3.05) is 37.9 Å². The number of aromatic nitrogens is 2. The normalized spacial score (nSPS) is 21.4. The Morgan fingerprint density at radius 3 is 2.39 bits per heavy atom. The van der Waals surface area contributed by atoms with Crippen molar-refractivity contribution in [3.8, 4) is 11.5 Å². The van der Waals surface area contributed by atoms with Gasteiger partial charge in [0.05, 0.1) is 0 Å². The molecule has 1 aromatic heterocycles. The Bertz CT molecular complexity index is 808. The van der Waals surface area contributed by atoms with Crippen molar-refractivity contribution in [3.05, 3.63) is 29.7 Å². The van der Waals surface area contributed by atoms with E-state index in [2.05, 4.69) is 32.1 Å². The standard InChI is InChI=1S/C21H28N4O3/c1-15-22-21(23-28-15)25-10-6-18(7-11-25)17-4-8-24(9-5-17)13-16-2-3-19-20(12-16)27-14-26-19/h2-3,12,17-18H,4-11,13-14H2,1H3. The largest absolute Gasteiger partial charge is 0.454 e. The van der Waals surface area contributed by atoms with Gasteiger partial charge in [-0.15, -0.1) is 0 Å². The van der Waals surface area contributed by atoms with Gasteiger partial charge in [0.25, 0.3) is 5.95 Å². The van der Waals surface area contributed by atoms with E-state index in [9.17, 15) is 0 Å². The van der Waals surface area contributed by atoms with Gasteiger partial charge in [-0.25, -0.2) is 0 Å². The summed E-state index contributed by atoms with van der Waals surface area (Å²) in [5, 5.41) is 4.06. The molecular weight excluding hydrogens is 356 g/mol. The molecule has 28 heavy (non-hydrogen) atoms.